The summed E-state index contributed by atoms with van der Waals surface area (Å²) < 4.78 is 1.41. The van der Waals surface area contributed by atoms with Crippen molar-refractivity contribution in [1.82, 2.24) is 15.1 Å². The van der Waals surface area contributed by atoms with Gasteiger partial charge >= 0.3 is 5.97 Å². The molecule has 0 bridgehead atoms. The lowest BCUT2D eigenvalue weighted by molar-refractivity contribution is -0.122. The van der Waals surface area contributed by atoms with Gasteiger partial charge in [-0.2, -0.15) is 5.10 Å². The zero-order chi connectivity index (χ0) is 13.2. The molecule has 2 N–H and O–H groups in total. The minimum absolute atomic E-state index is 0.0398. The SMILES string of the molecule is Cc1nn(CC(=O)NC(C)C)c(C)c1C(=O)O. The molecule has 0 atom stereocenters. The number of carboxylic acid groups (broad SMARTS) is 1. The maximum atomic E-state index is 11.5. The second kappa shape index (κ2) is 4.99. The van der Waals surface area contributed by atoms with Crippen LogP contribution in [0.25, 0.3) is 0 Å². The Hall–Kier alpha value is -1.85. The lowest BCUT2D eigenvalue weighted by atomic mass is 10.2. The van der Waals surface area contributed by atoms with Crippen molar-refractivity contribution in [2.75, 3.05) is 0 Å². The van der Waals surface area contributed by atoms with E-state index in [4.69, 9.17) is 5.11 Å². The van der Waals surface area contributed by atoms with Crippen molar-refractivity contribution in [2.24, 2.45) is 0 Å². The second-order valence-corrected chi connectivity index (χ2v) is 4.23. The largest absolute Gasteiger partial charge is 0.478 e. The molecule has 94 valence electrons. The normalized spacial score (nSPS) is 10.6. The van der Waals surface area contributed by atoms with Gasteiger partial charge in [-0.3, -0.25) is 9.48 Å². The van der Waals surface area contributed by atoms with Gasteiger partial charge in [-0.1, -0.05) is 0 Å². The summed E-state index contributed by atoms with van der Waals surface area (Å²) in [6.07, 6.45) is 0. The van der Waals surface area contributed by atoms with Crippen LogP contribution in [0.2, 0.25) is 0 Å². The molecule has 0 radical (unpaired) electrons. The Bertz CT molecular complexity index is 449. The minimum atomic E-state index is -1.02. The topological polar surface area (TPSA) is 84.2 Å². The van der Waals surface area contributed by atoms with Crippen molar-refractivity contribution in [1.29, 1.82) is 0 Å². The van der Waals surface area contributed by atoms with Gasteiger partial charge in [-0.05, 0) is 27.7 Å². The van der Waals surface area contributed by atoms with Crippen LogP contribution in [0, 0.1) is 13.8 Å². The molecule has 1 amide bonds. The fourth-order valence-electron chi connectivity index (χ4n) is 1.66. The first-order chi connectivity index (χ1) is 7.82. The Labute approximate surface area is 99.6 Å². The second-order valence-electron chi connectivity index (χ2n) is 4.23. The Morgan fingerprint density at radius 2 is 2.00 bits per heavy atom. The fraction of sp³-hybridized carbons (Fsp3) is 0.545. The number of nitrogens with one attached hydrogen (secondary N) is 1. The van der Waals surface area contributed by atoms with Crippen molar-refractivity contribution in [2.45, 2.75) is 40.3 Å². The van der Waals surface area contributed by atoms with E-state index in [1.807, 2.05) is 13.8 Å². The summed E-state index contributed by atoms with van der Waals surface area (Å²) in [5.74, 6) is -1.20. The van der Waals surface area contributed by atoms with E-state index in [1.165, 1.54) is 4.68 Å². The molecule has 6 nitrogen and oxygen atoms in total. The quantitative estimate of drug-likeness (QED) is 0.811. The van der Waals surface area contributed by atoms with Gasteiger partial charge in [-0.15, -0.1) is 0 Å². The van der Waals surface area contributed by atoms with E-state index in [1.54, 1.807) is 13.8 Å². The zero-order valence-electron chi connectivity index (χ0n) is 10.4. The van der Waals surface area contributed by atoms with E-state index in [0.717, 1.165) is 0 Å². The number of hydrogen-bond donors (Lipinski definition) is 2. The highest BCUT2D eigenvalue weighted by atomic mass is 16.4. The first kappa shape index (κ1) is 13.2. The number of rotatable bonds is 4. The van der Waals surface area contributed by atoms with E-state index >= 15 is 0 Å². The summed E-state index contributed by atoms with van der Waals surface area (Å²) >= 11 is 0. The molecule has 0 aliphatic carbocycles. The highest BCUT2D eigenvalue weighted by molar-refractivity contribution is 5.90. The fourth-order valence-corrected chi connectivity index (χ4v) is 1.66. The smallest absolute Gasteiger partial charge is 0.339 e. The number of hydrogen-bond acceptors (Lipinski definition) is 3. The first-order valence-electron chi connectivity index (χ1n) is 5.39. The van der Waals surface area contributed by atoms with Gasteiger partial charge in [0.2, 0.25) is 5.91 Å². The lowest BCUT2D eigenvalue weighted by Gasteiger charge is -2.09. The molecular formula is C11H17N3O3. The predicted octanol–water partition coefficient (Wildman–Crippen LogP) is 0.723. The number of aromatic carboxylic acids is 1. The Morgan fingerprint density at radius 1 is 1.41 bits per heavy atom. The van der Waals surface area contributed by atoms with Crippen LogP contribution in [0.4, 0.5) is 0 Å². The van der Waals surface area contributed by atoms with E-state index in [-0.39, 0.29) is 24.1 Å². The summed E-state index contributed by atoms with van der Waals surface area (Å²) in [6.45, 7) is 7.03. The van der Waals surface area contributed by atoms with Crippen LogP contribution in [0.3, 0.4) is 0 Å². The van der Waals surface area contributed by atoms with Crippen LogP contribution in [0.5, 0.6) is 0 Å². The summed E-state index contributed by atoms with van der Waals surface area (Å²) in [7, 11) is 0. The molecule has 0 saturated heterocycles. The van der Waals surface area contributed by atoms with Crippen molar-refractivity contribution >= 4 is 11.9 Å². The minimum Gasteiger partial charge on any atom is -0.478 e. The molecule has 0 unspecified atom stereocenters. The molecule has 17 heavy (non-hydrogen) atoms. The average molecular weight is 239 g/mol. The van der Waals surface area contributed by atoms with Gasteiger partial charge in [0.25, 0.3) is 0 Å². The number of carbonyl (C=O) groups excluding carboxylic acids is 1. The van der Waals surface area contributed by atoms with E-state index < -0.39 is 5.97 Å². The summed E-state index contributed by atoms with van der Waals surface area (Å²) in [5.41, 5.74) is 1.09. The van der Waals surface area contributed by atoms with Gasteiger partial charge in [0.15, 0.2) is 0 Å². The van der Waals surface area contributed by atoms with Gasteiger partial charge in [-0.25, -0.2) is 4.79 Å². The van der Waals surface area contributed by atoms with Crippen molar-refractivity contribution in [3.05, 3.63) is 17.0 Å². The molecule has 0 aromatic carbocycles. The maximum absolute atomic E-state index is 11.5. The Balaban J connectivity index is 2.90. The predicted molar refractivity (Wildman–Crippen MR) is 61.9 cm³/mol. The molecular weight excluding hydrogens is 222 g/mol. The molecule has 0 saturated carbocycles. The monoisotopic (exact) mass is 239 g/mol. The van der Waals surface area contributed by atoms with E-state index in [0.29, 0.717) is 11.4 Å². The van der Waals surface area contributed by atoms with Crippen LogP contribution in [0.15, 0.2) is 0 Å². The molecule has 0 fully saturated rings. The molecule has 0 aliphatic heterocycles. The van der Waals surface area contributed by atoms with E-state index in [9.17, 15) is 9.59 Å². The van der Waals surface area contributed by atoms with Gasteiger partial charge < -0.3 is 10.4 Å². The molecule has 1 heterocycles. The van der Waals surface area contributed by atoms with Gasteiger partial charge in [0.1, 0.15) is 12.1 Å². The summed E-state index contributed by atoms with van der Waals surface area (Å²) in [6, 6.07) is 0.0541. The first-order valence-corrected chi connectivity index (χ1v) is 5.39. The number of carboxylic acids is 1. The Morgan fingerprint density at radius 3 is 2.41 bits per heavy atom. The third-order valence-electron chi connectivity index (χ3n) is 2.34. The molecule has 1 aromatic rings. The maximum Gasteiger partial charge on any atom is 0.339 e. The zero-order valence-corrected chi connectivity index (χ0v) is 10.4. The van der Waals surface area contributed by atoms with Crippen LogP contribution in [0.1, 0.15) is 35.6 Å². The van der Waals surface area contributed by atoms with Crippen molar-refractivity contribution in [3.63, 3.8) is 0 Å². The average Bonchev–Trinajstić information content (AvgIpc) is 2.39. The molecule has 0 aliphatic rings. The highest BCUT2D eigenvalue weighted by Crippen LogP contribution is 2.12. The van der Waals surface area contributed by atoms with Crippen LogP contribution >= 0.6 is 0 Å². The van der Waals surface area contributed by atoms with Crippen molar-refractivity contribution < 1.29 is 14.7 Å². The van der Waals surface area contributed by atoms with Crippen LogP contribution in [-0.2, 0) is 11.3 Å². The molecule has 1 rings (SSSR count). The van der Waals surface area contributed by atoms with Gasteiger partial charge in [0.05, 0.1) is 11.4 Å². The summed E-state index contributed by atoms with van der Waals surface area (Å²) in [5, 5.41) is 15.8. The number of amides is 1. The Kier molecular flexibility index (Phi) is 3.88. The third-order valence-corrected chi connectivity index (χ3v) is 2.34. The van der Waals surface area contributed by atoms with E-state index in [2.05, 4.69) is 10.4 Å². The van der Waals surface area contributed by atoms with Crippen molar-refractivity contribution in [3.8, 4) is 0 Å². The third kappa shape index (κ3) is 3.05. The molecule has 0 spiro atoms. The molecule has 6 heteroatoms. The van der Waals surface area contributed by atoms with Crippen LogP contribution < -0.4 is 5.32 Å². The summed E-state index contributed by atoms with van der Waals surface area (Å²) in [4.78, 5) is 22.5. The number of aromatic nitrogens is 2. The number of nitrogens with zero attached hydrogens (tertiary/aromatic N) is 2. The highest BCUT2D eigenvalue weighted by Gasteiger charge is 2.18. The van der Waals surface area contributed by atoms with Gasteiger partial charge in [0, 0.05) is 6.04 Å². The number of carbonyl (C=O) groups is 2. The standard InChI is InChI=1S/C11H17N3O3/c1-6(2)12-9(15)5-14-8(4)10(11(16)17)7(3)13-14/h6H,5H2,1-4H3,(H,12,15)(H,16,17). The lowest BCUT2D eigenvalue weighted by Crippen LogP contribution is -2.33. The molecule has 1 aromatic heterocycles. The number of aryl methyl sites for hydroxylation is 1. The van der Waals surface area contributed by atoms with Crippen LogP contribution in [-0.4, -0.2) is 32.8 Å².